The van der Waals surface area contributed by atoms with E-state index in [9.17, 15) is 0 Å². The molecule has 0 aliphatic heterocycles. The first kappa shape index (κ1) is 12.1. The van der Waals surface area contributed by atoms with Gasteiger partial charge in [0.15, 0.2) is 0 Å². The van der Waals surface area contributed by atoms with Crippen LogP contribution >= 0.6 is 11.3 Å². The van der Waals surface area contributed by atoms with E-state index in [1.54, 1.807) is 11.3 Å². The number of rotatable bonds is 4. The summed E-state index contributed by atoms with van der Waals surface area (Å²) in [6.45, 7) is 0. The van der Waals surface area contributed by atoms with Crippen LogP contribution in [0, 0.1) is 0 Å². The molecule has 2 rings (SSSR count). The van der Waals surface area contributed by atoms with Gasteiger partial charge in [-0.25, -0.2) is 0 Å². The smallest absolute Gasteiger partial charge is 0.0832 e. The van der Waals surface area contributed by atoms with Crippen molar-refractivity contribution in [3.05, 3.63) is 22.4 Å². The molecular weight excluding hydrogens is 218 g/mol. The maximum atomic E-state index is 6.37. The Balaban J connectivity index is 2.02. The molecule has 1 aromatic rings. The highest BCUT2D eigenvalue weighted by atomic mass is 32.1. The van der Waals surface area contributed by atoms with E-state index in [0.717, 1.165) is 19.3 Å². The second kappa shape index (κ2) is 5.30. The molecule has 1 heterocycles. The molecule has 1 saturated carbocycles. The third-order valence-electron chi connectivity index (χ3n) is 3.78. The van der Waals surface area contributed by atoms with E-state index >= 15 is 0 Å². The molecule has 1 aromatic heterocycles. The number of ether oxygens (including phenoxy) is 1. The molecule has 1 atom stereocenters. The molecule has 90 valence electrons. The van der Waals surface area contributed by atoms with Crippen LogP contribution < -0.4 is 5.73 Å². The zero-order valence-electron chi connectivity index (χ0n) is 9.95. The van der Waals surface area contributed by atoms with Gasteiger partial charge in [-0.15, -0.1) is 11.3 Å². The van der Waals surface area contributed by atoms with Crippen LogP contribution in [0.1, 0.15) is 37.0 Å². The highest BCUT2D eigenvalue weighted by molar-refractivity contribution is 7.09. The molecule has 16 heavy (non-hydrogen) atoms. The maximum Gasteiger partial charge on any atom is 0.0832 e. The lowest BCUT2D eigenvalue weighted by Crippen LogP contribution is -2.51. The lowest BCUT2D eigenvalue weighted by molar-refractivity contribution is -0.0581. The topological polar surface area (TPSA) is 35.2 Å². The predicted octanol–water partition coefficient (Wildman–Crippen LogP) is 2.97. The highest BCUT2D eigenvalue weighted by Crippen LogP contribution is 2.34. The van der Waals surface area contributed by atoms with Crippen LogP contribution in [0.2, 0.25) is 0 Å². The summed E-state index contributed by atoms with van der Waals surface area (Å²) in [5.41, 5.74) is 6.30. The summed E-state index contributed by atoms with van der Waals surface area (Å²) in [6.07, 6.45) is 7.03. The monoisotopic (exact) mass is 239 g/mol. The van der Waals surface area contributed by atoms with E-state index in [4.69, 9.17) is 10.5 Å². The average molecular weight is 239 g/mol. The minimum absolute atomic E-state index is 0.0672. The summed E-state index contributed by atoms with van der Waals surface area (Å²) < 4.78 is 5.77. The second-order valence-electron chi connectivity index (χ2n) is 4.72. The van der Waals surface area contributed by atoms with Gasteiger partial charge in [-0.1, -0.05) is 25.3 Å². The molecule has 0 amide bonds. The second-order valence-corrected chi connectivity index (χ2v) is 5.75. The largest absolute Gasteiger partial charge is 0.377 e. The van der Waals surface area contributed by atoms with Crippen molar-refractivity contribution in [1.29, 1.82) is 0 Å². The van der Waals surface area contributed by atoms with Crippen molar-refractivity contribution in [2.24, 2.45) is 5.73 Å². The van der Waals surface area contributed by atoms with E-state index in [2.05, 4.69) is 17.5 Å². The van der Waals surface area contributed by atoms with E-state index < -0.39 is 0 Å². The SMILES string of the molecule is COC1(C(N)Cc2cccs2)CCCCC1. The molecule has 1 unspecified atom stereocenters. The van der Waals surface area contributed by atoms with Crippen molar-refractivity contribution >= 4 is 11.3 Å². The van der Waals surface area contributed by atoms with Gasteiger partial charge in [0.2, 0.25) is 0 Å². The summed E-state index contributed by atoms with van der Waals surface area (Å²) in [5.74, 6) is 0. The fourth-order valence-electron chi connectivity index (χ4n) is 2.71. The van der Waals surface area contributed by atoms with Crippen LogP contribution in [-0.2, 0) is 11.2 Å². The van der Waals surface area contributed by atoms with E-state index in [0.29, 0.717) is 0 Å². The minimum atomic E-state index is -0.0672. The van der Waals surface area contributed by atoms with Crippen LogP contribution in [0.25, 0.3) is 0 Å². The number of thiophene rings is 1. The van der Waals surface area contributed by atoms with Gasteiger partial charge in [0.05, 0.1) is 5.60 Å². The summed E-state index contributed by atoms with van der Waals surface area (Å²) in [7, 11) is 1.82. The lowest BCUT2D eigenvalue weighted by atomic mass is 9.78. The van der Waals surface area contributed by atoms with Crippen LogP contribution in [0.5, 0.6) is 0 Å². The van der Waals surface area contributed by atoms with Crippen LogP contribution in [0.15, 0.2) is 17.5 Å². The lowest BCUT2D eigenvalue weighted by Gasteiger charge is -2.40. The Morgan fingerprint density at radius 3 is 2.75 bits per heavy atom. The summed E-state index contributed by atoms with van der Waals surface area (Å²) in [5, 5.41) is 2.11. The molecular formula is C13H21NOS. The molecule has 0 spiro atoms. The maximum absolute atomic E-state index is 6.37. The predicted molar refractivity (Wildman–Crippen MR) is 68.8 cm³/mol. The van der Waals surface area contributed by atoms with Gasteiger partial charge in [0.25, 0.3) is 0 Å². The first-order chi connectivity index (χ1) is 7.77. The zero-order chi connectivity index (χ0) is 11.4. The third kappa shape index (κ3) is 2.47. The number of hydrogen-bond acceptors (Lipinski definition) is 3. The normalized spacial score (nSPS) is 21.9. The number of nitrogens with two attached hydrogens (primary N) is 1. The van der Waals surface area contributed by atoms with E-state index in [1.807, 2.05) is 7.11 Å². The summed E-state index contributed by atoms with van der Waals surface area (Å²) in [6, 6.07) is 4.39. The molecule has 2 N–H and O–H groups in total. The van der Waals surface area contributed by atoms with Crippen molar-refractivity contribution in [2.45, 2.75) is 50.2 Å². The van der Waals surface area contributed by atoms with Crippen LogP contribution in [-0.4, -0.2) is 18.8 Å². The van der Waals surface area contributed by atoms with E-state index in [1.165, 1.54) is 24.1 Å². The van der Waals surface area contributed by atoms with Crippen LogP contribution in [0.4, 0.5) is 0 Å². The van der Waals surface area contributed by atoms with Crippen molar-refractivity contribution in [1.82, 2.24) is 0 Å². The van der Waals surface area contributed by atoms with Crippen molar-refractivity contribution < 1.29 is 4.74 Å². The van der Waals surface area contributed by atoms with Gasteiger partial charge >= 0.3 is 0 Å². The van der Waals surface area contributed by atoms with Gasteiger partial charge in [0.1, 0.15) is 0 Å². The molecule has 3 heteroatoms. The van der Waals surface area contributed by atoms with Gasteiger partial charge in [0, 0.05) is 18.0 Å². The minimum Gasteiger partial charge on any atom is -0.377 e. The Morgan fingerprint density at radius 2 is 2.19 bits per heavy atom. The zero-order valence-corrected chi connectivity index (χ0v) is 10.8. The fraction of sp³-hybridized carbons (Fsp3) is 0.692. The van der Waals surface area contributed by atoms with Crippen molar-refractivity contribution in [3.63, 3.8) is 0 Å². The van der Waals surface area contributed by atoms with Gasteiger partial charge in [-0.3, -0.25) is 0 Å². The fourth-order valence-corrected chi connectivity index (χ4v) is 3.47. The average Bonchev–Trinajstić information content (AvgIpc) is 2.82. The van der Waals surface area contributed by atoms with Gasteiger partial charge in [-0.2, -0.15) is 0 Å². The molecule has 0 saturated heterocycles. The first-order valence-corrected chi connectivity index (χ1v) is 6.98. The molecule has 1 aliphatic rings. The Hall–Kier alpha value is -0.380. The highest BCUT2D eigenvalue weighted by Gasteiger charge is 2.37. The summed E-state index contributed by atoms with van der Waals surface area (Å²) in [4.78, 5) is 1.37. The number of methoxy groups -OCH3 is 1. The Bertz CT molecular complexity index is 304. The van der Waals surface area contributed by atoms with E-state index in [-0.39, 0.29) is 11.6 Å². The molecule has 0 aromatic carbocycles. The first-order valence-electron chi connectivity index (χ1n) is 6.10. The van der Waals surface area contributed by atoms with Crippen molar-refractivity contribution in [3.8, 4) is 0 Å². The quantitative estimate of drug-likeness (QED) is 0.876. The molecule has 0 bridgehead atoms. The molecule has 1 aliphatic carbocycles. The van der Waals surface area contributed by atoms with Crippen molar-refractivity contribution in [2.75, 3.05) is 7.11 Å². The molecule has 0 radical (unpaired) electrons. The Labute approximate surface area is 102 Å². The molecule has 2 nitrogen and oxygen atoms in total. The number of hydrogen-bond donors (Lipinski definition) is 1. The van der Waals surface area contributed by atoms with Gasteiger partial charge < -0.3 is 10.5 Å². The Morgan fingerprint density at radius 1 is 1.44 bits per heavy atom. The third-order valence-corrected chi connectivity index (χ3v) is 4.68. The van der Waals surface area contributed by atoms with Crippen LogP contribution in [0.3, 0.4) is 0 Å². The summed E-state index contributed by atoms with van der Waals surface area (Å²) >= 11 is 1.79. The van der Waals surface area contributed by atoms with Gasteiger partial charge in [-0.05, 0) is 30.7 Å². The molecule has 1 fully saturated rings. The standard InChI is InChI=1S/C13H21NOS/c1-15-13(7-3-2-4-8-13)12(14)10-11-6-5-9-16-11/h5-6,9,12H,2-4,7-8,10,14H2,1H3. The Kier molecular flexibility index (Phi) is 4.00.